The predicted octanol–water partition coefficient (Wildman–Crippen LogP) is 3.53. The van der Waals surface area contributed by atoms with Crippen LogP contribution < -0.4 is 11.1 Å². The minimum atomic E-state index is -2.12. The minimum Gasteiger partial charge on any atom is -0.457 e. The first kappa shape index (κ1) is 24.8. The molecule has 34 heavy (non-hydrogen) atoms. The van der Waals surface area contributed by atoms with Crippen molar-refractivity contribution in [3.05, 3.63) is 107 Å². The fourth-order valence-electron chi connectivity index (χ4n) is 3.33. The van der Waals surface area contributed by atoms with E-state index in [9.17, 15) is 18.8 Å². The number of halogens is 1. The van der Waals surface area contributed by atoms with Gasteiger partial charge in [0.05, 0.1) is 11.6 Å². The van der Waals surface area contributed by atoms with E-state index in [1.54, 1.807) is 24.3 Å². The van der Waals surface area contributed by atoms with E-state index in [1.165, 1.54) is 0 Å². The average molecular weight is 463 g/mol. The van der Waals surface area contributed by atoms with Gasteiger partial charge in [0.2, 0.25) is 12.2 Å². The molecule has 0 heterocycles. The molecule has 3 rings (SSSR count). The summed E-state index contributed by atoms with van der Waals surface area (Å²) in [5.41, 5.74) is 8.63. The van der Waals surface area contributed by atoms with Crippen LogP contribution in [0.1, 0.15) is 33.5 Å². The summed E-state index contributed by atoms with van der Waals surface area (Å²) in [5.74, 6) is -2.00. The summed E-state index contributed by atoms with van der Waals surface area (Å²) in [6, 6.07) is 24.0. The zero-order chi connectivity index (χ0) is 24.3. The first-order valence-electron chi connectivity index (χ1n) is 11.0. The van der Waals surface area contributed by atoms with Gasteiger partial charge in [-0.3, -0.25) is 9.59 Å². The normalized spacial score (nSPS) is 12.4. The number of hydrogen-bond acceptors (Lipinski definition) is 5. The number of carbonyl (C=O) groups excluding carboxylic acids is 3. The van der Waals surface area contributed by atoms with Crippen molar-refractivity contribution < 1.29 is 23.5 Å². The van der Waals surface area contributed by atoms with E-state index in [0.717, 1.165) is 11.1 Å². The Labute approximate surface area is 197 Å². The van der Waals surface area contributed by atoms with E-state index in [0.29, 0.717) is 17.5 Å². The monoisotopic (exact) mass is 462 g/mol. The van der Waals surface area contributed by atoms with Crippen molar-refractivity contribution in [3.8, 4) is 0 Å². The molecular formula is C27H27FN2O4. The Kier molecular flexibility index (Phi) is 9.05. The van der Waals surface area contributed by atoms with Gasteiger partial charge in [-0.1, -0.05) is 72.8 Å². The third-order valence-electron chi connectivity index (χ3n) is 5.22. The predicted molar refractivity (Wildman–Crippen MR) is 126 cm³/mol. The molecule has 0 saturated carbocycles. The molecule has 0 aromatic heterocycles. The molecule has 0 aliphatic rings. The van der Waals surface area contributed by atoms with Crippen LogP contribution in [0.4, 0.5) is 4.39 Å². The standard InChI is InChI=1S/C27H27FN2O4/c28-25(24(31)15-14-19-8-3-1-4-9-19)30-26(32)23(29)17-21-12-7-13-22(16-21)27(33)34-18-20-10-5-2-6-11-20/h1-13,16,23,25H,14-15,17-18,29H2,(H,30,32)/t23-,25?/m0/s1. The molecule has 0 aliphatic carbocycles. The van der Waals surface area contributed by atoms with Crippen LogP contribution in [0.25, 0.3) is 0 Å². The van der Waals surface area contributed by atoms with E-state index in [-0.39, 0.29) is 19.4 Å². The zero-order valence-electron chi connectivity index (χ0n) is 18.7. The van der Waals surface area contributed by atoms with Gasteiger partial charge in [0, 0.05) is 6.42 Å². The molecule has 2 atom stereocenters. The maximum atomic E-state index is 14.2. The van der Waals surface area contributed by atoms with Crippen LogP contribution in [0.3, 0.4) is 0 Å². The largest absolute Gasteiger partial charge is 0.457 e. The Hall–Kier alpha value is -3.84. The Morgan fingerprint density at radius 1 is 0.853 bits per heavy atom. The van der Waals surface area contributed by atoms with Crippen molar-refractivity contribution in [2.75, 3.05) is 0 Å². The SMILES string of the molecule is N[C@@H](Cc1cccc(C(=O)OCc2ccccc2)c1)C(=O)NC(F)C(=O)CCc1ccccc1. The van der Waals surface area contributed by atoms with Crippen LogP contribution >= 0.6 is 0 Å². The van der Waals surface area contributed by atoms with E-state index in [4.69, 9.17) is 10.5 Å². The number of nitrogens with one attached hydrogen (secondary N) is 1. The fraction of sp³-hybridized carbons (Fsp3) is 0.222. The van der Waals surface area contributed by atoms with Crippen LogP contribution in [0.15, 0.2) is 84.9 Å². The van der Waals surface area contributed by atoms with Crippen molar-refractivity contribution in [3.63, 3.8) is 0 Å². The molecule has 1 unspecified atom stereocenters. The molecule has 0 fully saturated rings. The summed E-state index contributed by atoms with van der Waals surface area (Å²) in [4.78, 5) is 36.7. The number of rotatable bonds is 11. The topological polar surface area (TPSA) is 98.5 Å². The number of hydrogen-bond donors (Lipinski definition) is 2. The summed E-state index contributed by atoms with van der Waals surface area (Å²) in [6.45, 7) is 0.141. The van der Waals surface area contributed by atoms with Crippen molar-refractivity contribution in [1.29, 1.82) is 0 Å². The van der Waals surface area contributed by atoms with Crippen molar-refractivity contribution in [2.24, 2.45) is 5.73 Å². The van der Waals surface area contributed by atoms with Crippen LogP contribution in [-0.4, -0.2) is 30.0 Å². The number of aryl methyl sites for hydroxylation is 1. The second kappa shape index (κ2) is 12.4. The van der Waals surface area contributed by atoms with Gasteiger partial charge in [-0.2, -0.15) is 0 Å². The summed E-state index contributed by atoms with van der Waals surface area (Å²) in [5, 5.41) is 2.04. The molecule has 3 aromatic carbocycles. The van der Waals surface area contributed by atoms with Crippen molar-refractivity contribution >= 4 is 17.7 Å². The third kappa shape index (κ3) is 7.64. The molecule has 6 nitrogen and oxygen atoms in total. The second-order valence-electron chi connectivity index (χ2n) is 7.90. The van der Waals surface area contributed by atoms with Gasteiger partial charge in [0.15, 0.2) is 5.78 Å². The molecule has 0 radical (unpaired) electrons. The lowest BCUT2D eigenvalue weighted by atomic mass is 10.0. The smallest absolute Gasteiger partial charge is 0.338 e. The highest BCUT2D eigenvalue weighted by atomic mass is 19.1. The van der Waals surface area contributed by atoms with Gasteiger partial charge in [0.1, 0.15) is 6.61 Å². The highest BCUT2D eigenvalue weighted by molar-refractivity contribution is 5.91. The Morgan fingerprint density at radius 3 is 2.15 bits per heavy atom. The Balaban J connectivity index is 1.48. The number of esters is 1. The molecule has 0 spiro atoms. The number of carbonyl (C=O) groups is 3. The van der Waals surface area contributed by atoms with E-state index in [1.807, 2.05) is 66.0 Å². The lowest BCUT2D eigenvalue weighted by Crippen LogP contribution is -2.47. The minimum absolute atomic E-state index is 0.0339. The third-order valence-corrected chi connectivity index (χ3v) is 5.22. The number of ketones is 1. The van der Waals surface area contributed by atoms with Crippen LogP contribution in [-0.2, 0) is 33.8 Å². The van der Waals surface area contributed by atoms with Crippen LogP contribution in [0.5, 0.6) is 0 Å². The Bertz CT molecular complexity index is 1110. The van der Waals surface area contributed by atoms with E-state index < -0.39 is 30.0 Å². The lowest BCUT2D eigenvalue weighted by Gasteiger charge is -2.15. The molecule has 0 aliphatic heterocycles. The quantitative estimate of drug-likeness (QED) is 0.336. The lowest BCUT2D eigenvalue weighted by molar-refractivity contribution is -0.132. The molecule has 1 amide bonds. The van der Waals surface area contributed by atoms with Gasteiger partial charge in [-0.15, -0.1) is 0 Å². The Morgan fingerprint density at radius 2 is 1.47 bits per heavy atom. The average Bonchev–Trinajstić information content (AvgIpc) is 2.87. The zero-order valence-corrected chi connectivity index (χ0v) is 18.7. The molecule has 3 N–H and O–H groups in total. The highest BCUT2D eigenvalue weighted by Crippen LogP contribution is 2.11. The first-order valence-corrected chi connectivity index (χ1v) is 11.0. The van der Waals surface area contributed by atoms with E-state index in [2.05, 4.69) is 0 Å². The number of Topliss-reactive ketones (excluding diaryl/α,β-unsaturated/α-hetero) is 1. The maximum Gasteiger partial charge on any atom is 0.338 e. The first-order chi connectivity index (χ1) is 16.4. The molecule has 0 bridgehead atoms. The number of ether oxygens (including phenoxy) is 1. The molecule has 7 heteroatoms. The van der Waals surface area contributed by atoms with Gasteiger partial charge < -0.3 is 15.8 Å². The summed E-state index contributed by atoms with van der Waals surface area (Å²) >= 11 is 0. The number of amides is 1. The summed E-state index contributed by atoms with van der Waals surface area (Å²) in [7, 11) is 0. The van der Waals surface area contributed by atoms with Gasteiger partial charge in [0.25, 0.3) is 0 Å². The summed E-state index contributed by atoms with van der Waals surface area (Å²) in [6.07, 6.45) is -1.71. The maximum absolute atomic E-state index is 14.2. The van der Waals surface area contributed by atoms with Crippen molar-refractivity contribution in [2.45, 2.75) is 38.2 Å². The van der Waals surface area contributed by atoms with Gasteiger partial charge in [-0.25, -0.2) is 9.18 Å². The van der Waals surface area contributed by atoms with E-state index >= 15 is 0 Å². The molecule has 0 saturated heterocycles. The van der Waals surface area contributed by atoms with Gasteiger partial charge >= 0.3 is 5.97 Å². The van der Waals surface area contributed by atoms with Crippen molar-refractivity contribution in [1.82, 2.24) is 5.32 Å². The molecular weight excluding hydrogens is 435 g/mol. The highest BCUT2D eigenvalue weighted by Gasteiger charge is 2.23. The van der Waals surface area contributed by atoms with Gasteiger partial charge in [-0.05, 0) is 41.7 Å². The molecule has 176 valence electrons. The van der Waals surface area contributed by atoms with Crippen LogP contribution in [0, 0.1) is 0 Å². The number of benzene rings is 3. The number of nitrogens with two attached hydrogens (primary N) is 1. The van der Waals surface area contributed by atoms with Crippen LogP contribution in [0.2, 0.25) is 0 Å². The second-order valence-corrected chi connectivity index (χ2v) is 7.90. The molecule has 3 aromatic rings. The number of alkyl halides is 1. The fourth-order valence-corrected chi connectivity index (χ4v) is 3.33. The summed E-state index contributed by atoms with van der Waals surface area (Å²) < 4.78 is 19.6.